The highest BCUT2D eigenvalue weighted by molar-refractivity contribution is 9.10. The molecule has 1 aliphatic heterocycles. The van der Waals surface area contributed by atoms with E-state index in [1.54, 1.807) is 6.92 Å². The highest BCUT2D eigenvalue weighted by atomic mass is 79.9. The van der Waals surface area contributed by atoms with Gasteiger partial charge in [0.05, 0.1) is 16.3 Å². The van der Waals surface area contributed by atoms with Crippen molar-refractivity contribution in [3.63, 3.8) is 0 Å². The summed E-state index contributed by atoms with van der Waals surface area (Å²) in [5, 5.41) is 9.88. The molecule has 0 bridgehead atoms. The zero-order chi connectivity index (χ0) is 10.6. The Morgan fingerprint density at radius 1 is 1.71 bits per heavy atom. The van der Waals surface area contributed by atoms with Crippen molar-refractivity contribution in [3.05, 3.63) is 0 Å². The minimum atomic E-state index is -1.16. The molecule has 2 rings (SSSR count). The van der Waals surface area contributed by atoms with E-state index in [9.17, 15) is 9.90 Å². The Kier molecular flexibility index (Phi) is 2.01. The molecule has 14 heavy (non-hydrogen) atoms. The Balaban J connectivity index is 2.06. The van der Waals surface area contributed by atoms with Crippen molar-refractivity contribution in [1.82, 2.24) is 0 Å². The Morgan fingerprint density at radius 2 is 2.36 bits per heavy atom. The lowest BCUT2D eigenvalue weighted by Gasteiger charge is -2.23. The van der Waals surface area contributed by atoms with E-state index < -0.39 is 10.1 Å². The molecule has 0 aromatic heterocycles. The van der Waals surface area contributed by atoms with Crippen molar-refractivity contribution >= 4 is 21.9 Å². The van der Waals surface area contributed by atoms with Crippen LogP contribution in [-0.4, -0.2) is 34.4 Å². The van der Waals surface area contributed by atoms with Crippen molar-refractivity contribution in [1.29, 1.82) is 0 Å². The summed E-state index contributed by atoms with van der Waals surface area (Å²) >= 11 is 3.48. The number of ether oxygens (including phenoxy) is 2. The smallest absolute Gasteiger partial charge is 0.302 e. The number of hydrogen-bond acceptors (Lipinski definition) is 4. The molecule has 2 fully saturated rings. The highest BCUT2D eigenvalue weighted by Gasteiger charge is 2.79. The van der Waals surface area contributed by atoms with Crippen molar-refractivity contribution in [2.24, 2.45) is 5.41 Å². The molecular weight excluding hydrogens is 252 g/mol. The van der Waals surface area contributed by atoms with Crippen LogP contribution >= 0.6 is 15.9 Å². The quantitative estimate of drug-likeness (QED) is 0.593. The van der Waals surface area contributed by atoms with Crippen LogP contribution in [0, 0.1) is 5.41 Å². The number of esters is 1. The molecule has 5 heteroatoms. The van der Waals surface area contributed by atoms with Crippen LogP contribution in [0.1, 0.15) is 20.3 Å². The fourth-order valence-electron chi connectivity index (χ4n) is 2.08. The number of carbonyl (C=O) groups excluding carboxylic acids is 1. The average Bonchev–Trinajstić information content (AvgIpc) is 2.62. The molecule has 3 atom stereocenters. The van der Waals surface area contributed by atoms with Crippen molar-refractivity contribution in [3.8, 4) is 0 Å². The summed E-state index contributed by atoms with van der Waals surface area (Å²) < 4.78 is 9.79. The SMILES string of the molecule is CC(=O)OCC12COC(C)(O)C1(Br)C2. The normalized spacial score (nSPS) is 50.0. The van der Waals surface area contributed by atoms with E-state index in [4.69, 9.17) is 9.47 Å². The fourth-order valence-corrected chi connectivity index (χ4v) is 2.96. The third-order valence-corrected chi connectivity index (χ3v) is 5.07. The third-order valence-electron chi connectivity index (χ3n) is 3.21. The van der Waals surface area contributed by atoms with Crippen LogP contribution in [0.15, 0.2) is 0 Å². The number of aliphatic hydroxyl groups is 1. The molecule has 2 aliphatic rings. The molecule has 1 saturated carbocycles. The van der Waals surface area contributed by atoms with Gasteiger partial charge in [-0.05, 0) is 13.3 Å². The summed E-state index contributed by atoms with van der Waals surface area (Å²) in [6.07, 6.45) is 0.778. The number of carbonyl (C=O) groups is 1. The van der Waals surface area contributed by atoms with Crippen molar-refractivity contribution in [2.75, 3.05) is 13.2 Å². The van der Waals surface area contributed by atoms with Crippen LogP contribution in [0.5, 0.6) is 0 Å². The largest absolute Gasteiger partial charge is 0.465 e. The van der Waals surface area contributed by atoms with Crippen LogP contribution in [0.2, 0.25) is 0 Å². The maximum Gasteiger partial charge on any atom is 0.302 e. The molecule has 0 aromatic carbocycles. The molecule has 4 nitrogen and oxygen atoms in total. The van der Waals surface area contributed by atoms with Gasteiger partial charge in [-0.15, -0.1) is 0 Å². The molecule has 1 aliphatic carbocycles. The summed E-state index contributed by atoms with van der Waals surface area (Å²) in [6, 6.07) is 0. The lowest BCUT2D eigenvalue weighted by atomic mass is 10.1. The first-order chi connectivity index (χ1) is 6.33. The number of fused-ring (bicyclic) bond motifs is 1. The first-order valence-corrected chi connectivity index (χ1v) is 5.31. The predicted octanol–water partition coefficient (Wildman–Crippen LogP) is 0.812. The molecule has 80 valence electrons. The number of hydrogen-bond donors (Lipinski definition) is 1. The maximum absolute atomic E-state index is 10.7. The summed E-state index contributed by atoms with van der Waals surface area (Å²) in [5.41, 5.74) is -0.234. The van der Waals surface area contributed by atoms with Gasteiger partial charge in [-0.25, -0.2) is 0 Å². The summed E-state index contributed by atoms with van der Waals surface area (Å²) in [4.78, 5) is 10.7. The highest BCUT2D eigenvalue weighted by Crippen LogP contribution is 2.71. The van der Waals surface area contributed by atoms with Crippen molar-refractivity contribution in [2.45, 2.75) is 30.4 Å². The molecule has 3 unspecified atom stereocenters. The number of halogens is 1. The van der Waals surface area contributed by atoms with Gasteiger partial charge in [0.2, 0.25) is 0 Å². The summed E-state index contributed by atoms with van der Waals surface area (Å²) in [7, 11) is 0. The first kappa shape index (κ1) is 10.4. The molecule has 0 aromatic rings. The third kappa shape index (κ3) is 1.15. The lowest BCUT2D eigenvalue weighted by molar-refractivity contribution is -0.169. The standard InChI is InChI=1S/C9H13BrO4/c1-6(11)13-4-8-3-9(8,10)7(2,12)14-5-8/h12H,3-5H2,1-2H3. The van der Waals surface area contributed by atoms with E-state index in [1.165, 1.54) is 6.92 Å². The number of rotatable bonds is 2. The second-order valence-electron chi connectivity index (χ2n) is 4.31. The van der Waals surface area contributed by atoms with E-state index in [0.29, 0.717) is 13.2 Å². The van der Waals surface area contributed by atoms with Crippen LogP contribution in [0.4, 0.5) is 0 Å². The van der Waals surface area contributed by atoms with Gasteiger partial charge >= 0.3 is 5.97 Å². The van der Waals surface area contributed by atoms with E-state index in [2.05, 4.69) is 15.9 Å². The van der Waals surface area contributed by atoms with E-state index in [-0.39, 0.29) is 11.4 Å². The Hall–Kier alpha value is -0.130. The minimum Gasteiger partial charge on any atom is -0.465 e. The molecule has 0 radical (unpaired) electrons. The predicted molar refractivity (Wildman–Crippen MR) is 51.9 cm³/mol. The average molecular weight is 265 g/mol. The second kappa shape index (κ2) is 2.71. The molecule has 1 heterocycles. The first-order valence-electron chi connectivity index (χ1n) is 4.52. The van der Waals surface area contributed by atoms with Crippen LogP contribution in [0.3, 0.4) is 0 Å². The second-order valence-corrected chi connectivity index (χ2v) is 5.66. The van der Waals surface area contributed by atoms with Gasteiger partial charge in [0.15, 0.2) is 5.79 Å². The number of alkyl halides is 1. The molecular formula is C9H13BrO4. The van der Waals surface area contributed by atoms with Gasteiger partial charge in [0.25, 0.3) is 0 Å². The molecule has 0 spiro atoms. The van der Waals surface area contributed by atoms with Gasteiger partial charge in [0, 0.05) is 6.92 Å². The van der Waals surface area contributed by atoms with Gasteiger partial charge in [-0.3, -0.25) is 4.79 Å². The lowest BCUT2D eigenvalue weighted by Crippen LogP contribution is -2.37. The van der Waals surface area contributed by atoms with Gasteiger partial charge in [0.1, 0.15) is 6.61 Å². The van der Waals surface area contributed by atoms with Crippen LogP contribution in [-0.2, 0) is 14.3 Å². The van der Waals surface area contributed by atoms with Gasteiger partial charge in [-0.1, -0.05) is 15.9 Å². The van der Waals surface area contributed by atoms with E-state index >= 15 is 0 Å². The van der Waals surface area contributed by atoms with Crippen LogP contribution < -0.4 is 0 Å². The van der Waals surface area contributed by atoms with Gasteiger partial charge in [-0.2, -0.15) is 0 Å². The van der Waals surface area contributed by atoms with Crippen molar-refractivity contribution < 1.29 is 19.4 Å². The maximum atomic E-state index is 10.7. The molecule has 1 saturated heterocycles. The monoisotopic (exact) mass is 264 g/mol. The minimum absolute atomic E-state index is 0.234. The van der Waals surface area contributed by atoms with Crippen LogP contribution in [0.25, 0.3) is 0 Å². The molecule has 0 amide bonds. The molecule has 1 N–H and O–H groups in total. The Labute approximate surface area is 90.7 Å². The summed E-state index contributed by atoms with van der Waals surface area (Å²) in [6.45, 7) is 3.75. The Morgan fingerprint density at radius 3 is 2.71 bits per heavy atom. The van der Waals surface area contributed by atoms with E-state index in [1.807, 2.05) is 0 Å². The summed E-state index contributed by atoms with van der Waals surface area (Å²) in [5.74, 6) is -1.46. The Bertz CT molecular complexity index is 287. The zero-order valence-corrected chi connectivity index (χ0v) is 9.76. The fraction of sp³-hybridized carbons (Fsp3) is 0.889. The topological polar surface area (TPSA) is 55.8 Å². The van der Waals surface area contributed by atoms with Gasteiger partial charge < -0.3 is 14.6 Å². The van der Waals surface area contributed by atoms with E-state index in [0.717, 1.165) is 6.42 Å². The zero-order valence-electron chi connectivity index (χ0n) is 8.17.